The second-order valence-electron chi connectivity index (χ2n) is 5.40. The third-order valence-electron chi connectivity index (χ3n) is 3.13. The molecular weight excluding hydrogens is 242 g/mol. The van der Waals surface area contributed by atoms with E-state index in [-0.39, 0.29) is 0 Å². The maximum atomic E-state index is 5.85. The zero-order valence-electron chi connectivity index (χ0n) is 11.7. The predicted octanol–water partition coefficient (Wildman–Crippen LogP) is 5.04. The van der Waals surface area contributed by atoms with Gasteiger partial charge in [-0.25, -0.2) is 0 Å². The maximum absolute atomic E-state index is 5.85. The molecule has 0 unspecified atom stereocenters. The molecule has 0 atom stereocenters. The first kappa shape index (κ1) is 15.5. The highest BCUT2D eigenvalue weighted by atomic mass is 35.5. The van der Waals surface area contributed by atoms with Crippen molar-refractivity contribution in [3.8, 4) is 0 Å². The maximum Gasteiger partial charge on any atom is 0.0406 e. The molecule has 18 heavy (non-hydrogen) atoms. The number of rotatable bonds is 9. The SMILES string of the molecule is CC(C)CCCCCCNCc1ccc(Cl)cc1. The lowest BCUT2D eigenvalue weighted by Crippen LogP contribution is -2.14. The molecule has 0 aliphatic carbocycles. The highest BCUT2D eigenvalue weighted by Crippen LogP contribution is 2.10. The van der Waals surface area contributed by atoms with Crippen molar-refractivity contribution in [2.24, 2.45) is 5.92 Å². The molecule has 1 aromatic carbocycles. The number of benzene rings is 1. The molecule has 0 amide bonds. The molecule has 0 fully saturated rings. The minimum atomic E-state index is 0.809. The Labute approximate surface area is 117 Å². The molecule has 0 aliphatic heterocycles. The van der Waals surface area contributed by atoms with Gasteiger partial charge >= 0.3 is 0 Å². The van der Waals surface area contributed by atoms with Crippen molar-refractivity contribution in [2.75, 3.05) is 6.54 Å². The second-order valence-corrected chi connectivity index (χ2v) is 5.84. The van der Waals surface area contributed by atoms with Crippen LogP contribution < -0.4 is 5.32 Å². The molecule has 0 saturated heterocycles. The molecule has 1 N–H and O–H groups in total. The number of halogens is 1. The van der Waals surface area contributed by atoms with Crippen LogP contribution in [0.2, 0.25) is 5.02 Å². The van der Waals surface area contributed by atoms with Crippen molar-refractivity contribution >= 4 is 11.6 Å². The van der Waals surface area contributed by atoms with Crippen LogP contribution in [0.15, 0.2) is 24.3 Å². The minimum Gasteiger partial charge on any atom is -0.313 e. The van der Waals surface area contributed by atoms with Gasteiger partial charge in [0.15, 0.2) is 0 Å². The van der Waals surface area contributed by atoms with E-state index in [0.29, 0.717) is 0 Å². The molecule has 0 heterocycles. The molecular formula is C16H26ClN. The van der Waals surface area contributed by atoms with Gasteiger partial charge in [0, 0.05) is 11.6 Å². The van der Waals surface area contributed by atoms with Crippen LogP contribution in [-0.2, 0) is 6.54 Å². The molecule has 1 rings (SSSR count). The van der Waals surface area contributed by atoms with Gasteiger partial charge in [-0.1, -0.05) is 63.3 Å². The van der Waals surface area contributed by atoms with Gasteiger partial charge < -0.3 is 5.32 Å². The molecule has 1 nitrogen and oxygen atoms in total. The average molecular weight is 268 g/mol. The van der Waals surface area contributed by atoms with Crippen molar-refractivity contribution in [2.45, 2.75) is 52.5 Å². The molecule has 0 aromatic heterocycles. The first-order valence-corrected chi connectivity index (χ1v) is 7.51. The Kier molecular flexibility index (Phi) is 8.11. The van der Waals surface area contributed by atoms with Crippen LogP contribution in [0.25, 0.3) is 0 Å². The third-order valence-corrected chi connectivity index (χ3v) is 3.38. The van der Waals surface area contributed by atoms with E-state index in [0.717, 1.165) is 24.0 Å². The molecule has 0 aliphatic rings. The molecule has 0 saturated carbocycles. The van der Waals surface area contributed by atoms with Crippen LogP contribution in [0, 0.1) is 5.92 Å². The standard InChI is InChI=1S/C16H26ClN/c1-14(2)7-5-3-4-6-12-18-13-15-8-10-16(17)11-9-15/h8-11,14,18H,3-7,12-13H2,1-2H3. The Hall–Kier alpha value is -0.530. The van der Waals surface area contributed by atoms with E-state index in [2.05, 4.69) is 31.3 Å². The van der Waals surface area contributed by atoms with Crippen LogP contribution in [0.4, 0.5) is 0 Å². The summed E-state index contributed by atoms with van der Waals surface area (Å²) >= 11 is 5.85. The lowest BCUT2D eigenvalue weighted by Gasteiger charge is -2.06. The minimum absolute atomic E-state index is 0.809. The highest BCUT2D eigenvalue weighted by molar-refractivity contribution is 6.30. The molecule has 0 spiro atoms. The highest BCUT2D eigenvalue weighted by Gasteiger charge is 1.95. The number of nitrogens with one attached hydrogen (secondary N) is 1. The van der Waals surface area contributed by atoms with Crippen molar-refractivity contribution in [1.82, 2.24) is 5.32 Å². The van der Waals surface area contributed by atoms with Crippen LogP contribution in [0.5, 0.6) is 0 Å². The molecule has 0 radical (unpaired) electrons. The fourth-order valence-corrected chi connectivity index (χ4v) is 2.12. The van der Waals surface area contributed by atoms with Crippen molar-refractivity contribution in [3.63, 3.8) is 0 Å². The Bertz CT molecular complexity index is 305. The topological polar surface area (TPSA) is 12.0 Å². The summed E-state index contributed by atoms with van der Waals surface area (Å²) in [4.78, 5) is 0. The Morgan fingerprint density at radius 3 is 2.33 bits per heavy atom. The fourth-order valence-electron chi connectivity index (χ4n) is 1.99. The van der Waals surface area contributed by atoms with Crippen molar-refractivity contribution in [1.29, 1.82) is 0 Å². The lowest BCUT2D eigenvalue weighted by molar-refractivity contribution is 0.512. The number of hydrogen-bond acceptors (Lipinski definition) is 1. The third kappa shape index (κ3) is 7.73. The van der Waals surface area contributed by atoms with Crippen LogP contribution in [-0.4, -0.2) is 6.54 Å². The van der Waals surface area contributed by atoms with Gasteiger partial charge in [0.2, 0.25) is 0 Å². The van der Waals surface area contributed by atoms with E-state index >= 15 is 0 Å². The average Bonchev–Trinajstić information content (AvgIpc) is 2.34. The quantitative estimate of drug-likeness (QED) is 0.619. The van der Waals surface area contributed by atoms with Gasteiger partial charge in [0.1, 0.15) is 0 Å². The summed E-state index contributed by atoms with van der Waals surface area (Å²) in [5.74, 6) is 0.855. The summed E-state index contributed by atoms with van der Waals surface area (Å²) in [5, 5.41) is 4.29. The first-order valence-electron chi connectivity index (χ1n) is 7.13. The summed E-state index contributed by atoms with van der Waals surface area (Å²) in [6.45, 7) is 6.66. The fraction of sp³-hybridized carbons (Fsp3) is 0.625. The monoisotopic (exact) mass is 267 g/mol. The summed E-state index contributed by atoms with van der Waals surface area (Å²) in [6, 6.07) is 8.06. The molecule has 102 valence electrons. The first-order chi connectivity index (χ1) is 8.68. The summed E-state index contributed by atoms with van der Waals surface area (Å²) in [7, 11) is 0. The van der Waals surface area contributed by atoms with Gasteiger partial charge in [-0.05, 0) is 36.6 Å². The molecule has 0 bridgehead atoms. The Balaban J connectivity index is 1.94. The van der Waals surface area contributed by atoms with E-state index in [1.165, 1.54) is 37.7 Å². The van der Waals surface area contributed by atoms with Gasteiger partial charge in [0.25, 0.3) is 0 Å². The van der Waals surface area contributed by atoms with Gasteiger partial charge in [-0.15, -0.1) is 0 Å². The summed E-state index contributed by atoms with van der Waals surface area (Å²) in [5.41, 5.74) is 1.30. The predicted molar refractivity (Wildman–Crippen MR) is 81.1 cm³/mol. The van der Waals surface area contributed by atoms with E-state index in [1.807, 2.05) is 12.1 Å². The van der Waals surface area contributed by atoms with Crippen molar-refractivity contribution in [3.05, 3.63) is 34.9 Å². The smallest absolute Gasteiger partial charge is 0.0406 e. The molecule has 2 heteroatoms. The number of hydrogen-bond donors (Lipinski definition) is 1. The van der Waals surface area contributed by atoms with E-state index in [9.17, 15) is 0 Å². The second kappa shape index (κ2) is 9.41. The van der Waals surface area contributed by atoms with E-state index in [1.54, 1.807) is 0 Å². The summed E-state index contributed by atoms with van der Waals surface area (Å²) in [6.07, 6.45) is 6.76. The van der Waals surface area contributed by atoms with E-state index < -0.39 is 0 Å². The number of unbranched alkanes of at least 4 members (excludes halogenated alkanes) is 3. The normalized spacial score (nSPS) is 11.1. The van der Waals surface area contributed by atoms with Gasteiger partial charge in [0.05, 0.1) is 0 Å². The van der Waals surface area contributed by atoms with Crippen LogP contribution in [0.3, 0.4) is 0 Å². The largest absolute Gasteiger partial charge is 0.313 e. The van der Waals surface area contributed by atoms with Crippen molar-refractivity contribution < 1.29 is 0 Å². The Morgan fingerprint density at radius 2 is 1.67 bits per heavy atom. The Morgan fingerprint density at radius 1 is 1.00 bits per heavy atom. The lowest BCUT2D eigenvalue weighted by atomic mass is 10.0. The zero-order valence-corrected chi connectivity index (χ0v) is 12.5. The van der Waals surface area contributed by atoms with Gasteiger partial charge in [-0.3, -0.25) is 0 Å². The summed E-state index contributed by atoms with van der Waals surface area (Å²) < 4.78 is 0. The van der Waals surface area contributed by atoms with E-state index in [4.69, 9.17) is 11.6 Å². The zero-order chi connectivity index (χ0) is 13.2. The van der Waals surface area contributed by atoms with Crippen LogP contribution >= 0.6 is 11.6 Å². The van der Waals surface area contributed by atoms with Crippen LogP contribution in [0.1, 0.15) is 51.5 Å². The van der Waals surface area contributed by atoms with Gasteiger partial charge in [-0.2, -0.15) is 0 Å². The molecule has 1 aromatic rings.